The first kappa shape index (κ1) is 11.6. The van der Waals surface area contributed by atoms with Crippen molar-refractivity contribution in [2.75, 3.05) is 6.61 Å². The van der Waals surface area contributed by atoms with Crippen LogP contribution in [0.2, 0.25) is 0 Å². The average molecular weight is 227 g/mol. The molecular weight excluding hydrogens is 210 g/mol. The van der Waals surface area contributed by atoms with E-state index >= 15 is 0 Å². The maximum atomic E-state index is 5.42. The van der Waals surface area contributed by atoms with Gasteiger partial charge in [0.25, 0.3) is 0 Å². The van der Waals surface area contributed by atoms with E-state index in [1.165, 1.54) is 0 Å². The standard InChI is InChI=1S/C15H17NO/c1-3-13-6-5-7-15(16-13)12-8-10-14(11-9-12)17-4-2/h5-11H,3-4H2,1-2H3. The van der Waals surface area contributed by atoms with Gasteiger partial charge in [0.05, 0.1) is 12.3 Å². The summed E-state index contributed by atoms with van der Waals surface area (Å²) in [6, 6.07) is 14.2. The maximum absolute atomic E-state index is 5.42. The first-order valence-corrected chi connectivity index (χ1v) is 6.02. The minimum atomic E-state index is 0.697. The summed E-state index contributed by atoms with van der Waals surface area (Å²) in [6.07, 6.45) is 0.963. The summed E-state index contributed by atoms with van der Waals surface area (Å²) in [5.41, 5.74) is 3.27. The molecule has 0 saturated heterocycles. The second-order valence-corrected chi connectivity index (χ2v) is 3.83. The lowest BCUT2D eigenvalue weighted by molar-refractivity contribution is 0.340. The number of hydrogen-bond donors (Lipinski definition) is 0. The van der Waals surface area contributed by atoms with Crippen LogP contribution in [-0.4, -0.2) is 11.6 Å². The molecule has 0 radical (unpaired) electrons. The normalized spacial score (nSPS) is 10.2. The number of benzene rings is 1. The molecule has 2 nitrogen and oxygen atoms in total. The predicted molar refractivity (Wildman–Crippen MR) is 70.2 cm³/mol. The van der Waals surface area contributed by atoms with E-state index in [0.717, 1.165) is 29.1 Å². The highest BCUT2D eigenvalue weighted by atomic mass is 16.5. The van der Waals surface area contributed by atoms with E-state index in [4.69, 9.17) is 4.74 Å². The summed E-state index contributed by atoms with van der Waals surface area (Å²) in [6.45, 7) is 4.80. The summed E-state index contributed by atoms with van der Waals surface area (Å²) >= 11 is 0. The Bertz CT molecular complexity index is 477. The number of nitrogens with zero attached hydrogens (tertiary/aromatic N) is 1. The molecule has 0 spiro atoms. The summed E-state index contributed by atoms with van der Waals surface area (Å²) in [5.74, 6) is 0.905. The zero-order valence-corrected chi connectivity index (χ0v) is 10.3. The van der Waals surface area contributed by atoms with Crippen molar-refractivity contribution in [1.82, 2.24) is 4.98 Å². The van der Waals surface area contributed by atoms with Crippen molar-refractivity contribution >= 4 is 0 Å². The van der Waals surface area contributed by atoms with Crippen LogP contribution in [0, 0.1) is 0 Å². The maximum Gasteiger partial charge on any atom is 0.119 e. The molecule has 0 amide bonds. The van der Waals surface area contributed by atoms with E-state index in [2.05, 4.69) is 24.0 Å². The van der Waals surface area contributed by atoms with E-state index < -0.39 is 0 Å². The lowest BCUT2D eigenvalue weighted by Gasteiger charge is -2.05. The Morgan fingerprint density at radius 2 is 1.76 bits per heavy atom. The fraction of sp³-hybridized carbons (Fsp3) is 0.267. The Hall–Kier alpha value is -1.83. The van der Waals surface area contributed by atoms with Gasteiger partial charge in [0, 0.05) is 11.3 Å². The lowest BCUT2D eigenvalue weighted by Crippen LogP contribution is -1.92. The Morgan fingerprint density at radius 1 is 1.00 bits per heavy atom. The van der Waals surface area contributed by atoms with Crippen LogP contribution in [0.5, 0.6) is 5.75 Å². The van der Waals surface area contributed by atoms with Gasteiger partial charge < -0.3 is 4.74 Å². The molecule has 0 bridgehead atoms. The Labute approximate surface area is 102 Å². The zero-order valence-electron chi connectivity index (χ0n) is 10.3. The molecule has 17 heavy (non-hydrogen) atoms. The second-order valence-electron chi connectivity index (χ2n) is 3.83. The van der Waals surface area contributed by atoms with E-state index in [-0.39, 0.29) is 0 Å². The molecule has 0 saturated carbocycles. The van der Waals surface area contributed by atoms with Crippen LogP contribution >= 0.6 is 0 Å². The highest BCUT2D eigenvalue weighted by molar-refractivity contribution is 5.60. The quantitative estimate of drug-likeness (QED) is 0.794. The summed E-state index contributed by atoms with van der Waals surface area (Å²) in [4.78, 5) is 4.60. The number of pyridine rings is 1. The largest absolute Gasteiger partial charge is 0.494 e. The van der Waals surface area contributed by atoms with Crippen LogP contribution in [0.3, 0.4) is 0 Å². The summed E-state index contributed by atoms with van der Waals surface area (Å²) in [7, 11) is 0. The van der Waals surface area contributed by atoms with Gasteiger partial charge in [-0.3, -0.25) is 4.98 Å². The van der Waals surface area contributed by atoms with Crippen molar-refractivity contribution in [1.29, 1.82) is 0 Å². The van der Waals surface area contributed by atoms with Gasteiger partial charge in [-0.25, -0.2) is 0 Å². The molecule has 0 aliphatic heterocycles. The van der Waals surface area contributed by atoms with Gasteiger partial charge >= 0.3 is 0 Å². The third-order valence-electron chi connectivity index (χ3n) is 2.63. The van der Waals surface area contributed by atoms with Crippen molar-refractivity contribution in [3.63, 3.8) is 0 Å². The van der Waals surface area contributed by atoms with Gasteiger partial charge in [-0.2, -0.15) is 0 Å². The first-order chi connectivity index (χ1) is 8.33. The Balaban J connectivity index is 2.26. The fourth-order valence-corrected chi connectivity index (χ4v) is 1.73. The van der Waals surface area contributed by atoms with Crippen LogP contribution in [0.25, 0.3) is 11.3 Å². The molecule has 1 aromatic heterocycles. The topological polar surface area (TPSA) is 22.1 Å². The highest BCUT2D eigenvalue weighted by Gasteiger charge is 2.00. The third kappa shape index (κ3) is 2.84. The molecule has 0 N–H and O–H groups in total. The molecule has 0 aliphatic rings. The number of rotatable bonds is 4. The number of ether oxygens (including phenoxy) is 1. The molecule has 2 aromatic rings. The first-order valence-electron chi connectivity index (χ1n) is 6.02. The third-order valence-corrected chi connectivity index (χ3v) is 2.63. The molecule has 88 valence electrons. The van der Waals surface area contributed by atoms with E-state index in [9.17, 15) is 0 Å². The number of aryl methyl sites for hydroxylation is 1. The van der Waals surface area contributed by atoms with Crippen molar-refractivity contribution in [2.24, 2.45) is 0 Å². The van der Waals surface area contributed by atoms with Crippen LogP contribution in [0.15, 0.2) is 42.5 Å². The number of hydrogen-bond acceptors (Lipinski definition) is 2. The van der Waals surface area contributed by atoms with Gasteiger partial charge in [0.15, 0.2) is 0 Å². The molecule has 2 rings (SSSR count). The predicted octanol–water partition coefficient (Wildman–Crippen LogP) is 3.71. The summed E-state index contributed by atoms with van der Waals surface area (Å²) in [5, 5.41) is 0. The molecule has 0 fully saturated rings. The van der Waals surface area contributed by atoms with Crippen LogP contribution in [-0.2, 0) is 6.42 Å². The van der Waals surface area contributed by atoms with Crippen LogP contribution < -0.4 is 4.74 Å². The monoisotopic (exact) mass is 227 g/mol. The summed E-state index contributed by atoms with van der Waals surface area (Å²) < 4.78 is 5.42. The molecule has 0 atom stereocenters. The van der Waals surface area contributed by atoms with Crippen molar-refractivity contribution in [3.8, 4) is 17.0 Å². The fourth-order valence-electron chi connectivity index (χ4n) is 1.73. The SMILES string of the molecule is CCOc1ccc(-c2cccc(CC)n2)cc1. The minimum Gasteiger partial charge on any atom is -0.494 e. The molecule has 0 aliphatic carbocycles. The van der Waals surface area contributed by atoms with Gasteiger partial charge in [-0.15, -0.1) is 0 Å². The van der Waals surface area contributed by atoms with Gasteiger partial charge in [-0.1, -0.05) is 13.0 Å². The Kier molecular flexibility index (Phi) is 3.76. The average Bonchev–Trinajstić information content (AvgIpc) is 2.40. The van der Waals surface area contributed by atoms with E-state index in [1.807, 2.05) is 37.3 Å². The van der Waals surface area contributed by atoms with Crippen molar-refractivity contribution < 1.29 is 4.74 Å². The molecule has 1 heterocycles. The van der Waals surface area contributed by atoms with Gasteiger partial charge in [0.1, 0.15) is 5.75 Å². The van der Waals surface area contributed by atoms with Gasteiger partial charge in [0.2, 0.25) is 0 Å². The van der Waals surface area contributed by atoms with Crippen LogP contribution in [0.1, 0.15) is 19.5 Å². The molecule has 1 aromatic carbocycles. The minimum absolute atomic E-state index is 0.697. The Morgan fingerprint density at radius 3 is 2.41 bits per heavy atom. The van der Waals surface area contributed by atoms with Crippen molar-refractivity contribution in [3.05, 3.63) is 48.2 Å². The number of aromatic nitrogens is 1. The molecular formula is C15H17NO. The lowest BCUT2D eigenvalue weighted by atomic mass is 10.1. The van der Waals surface area contributed by atoms with E-state index in [1.54, 1.807) is 0 Å². The van der Waals surface area contributed by atoms with Gasteiger partial charge in [-0.05, 0) is 49.7 Å². The second kappa shape index (κ2) is 5.48. The van der Waals surface area contributed by atoms with E-state index in [0.29, 0.717) is 6.61 Å². The molecule has 0 unspecified atom stereocenters. The highest BCUT2D eigenvalue weighted by Crippen LogP contribution is 2.21. The smallest absolute Gasteiger partial charge is 0.119 e. The van der Waals surface area contributed by atoms with Crippen molar-refractivity contribution in [2.45, 2.75) is 20.3 Å². The van der Waals surface area contributed by atoms with Crippen LogP contribution in [0.4, 0.5) is 0 Å². The zero-order chi connectivity index (χ0) is 12.1. The molecule has 2 heteroatoms.